The second-order valence-corrected chi connectivity index (χ2v) is 9.25. The third kappa shape index (κ3) is 4.01. The minimum Gasteiger partial charge on any atom is -0.436 e. The monoisotopic (exact) mass is 458 g/mol. The Morgan fingerprint density at radius 3 is 2.09 bits per heavy atom. The lowest BCUT2D eigenvalue weighted by Gasteiger charge is -2.28. The number of carbonyl (C=O) groups is 1. The molecule has 1 aliphatic carbocycles. The number of hydrogen-bond donors (Lipinski definition) is 1. The minimum atomic E-state index is -0.467. The number of benzene rings is 4. The molecule has 1 amide bonds. The summed E-state index contributed by atoms with van der Waals surface area (Å²) in [5.41, 5.74) is 6.03. The number of carbonyl (C=O) groups excluding carboxylic acids is 1. The average Bonchev–Trinajstić information content (AvgIpc) is 3.58. The second kappa shape index (κ2) is 8.88. The summed E-state index contributed by atoms with van der Waals surface area (Å²) in [7, 11) is 0. The molecule has 0 saturated heterocycles. The van der Waals surface area contributed by atoms with Gasteiger partial charge in [0.1, 0.15) is 5.52 Å². The van der Waals surface area contributed by atoms with Crippen molar-refractivity contribution >= 4 is 22.7 Å². The summed E-state index contributed by atoms with van der Waals surface area (Å²) < 4.78 is 6.02. The molecular formula is C31H26N2O2. The van der Waals surface area contributed by atoms with Crippen LogP contribution >= 0.6 is 0 Å². The summed E-state index contributed by atoms with van der Waals surface area (Å²) in [5.74, 6) is 0.625. The van der Waals surface area contributed by atoms with E-state index in [1.165, 1.54) is 5.56 Å². The van der Waals surface area contributed by atoms with Gasteiger partial charge in [-0.05, 0) is 59.9 Å². The molecule has 35 heavy (non-hydrogen) atoms. The van der Waals surface area contributed by atoms with Gasteiger partial charge in [-0.3, -0.25) is 4.79 Å². The highest BCUT2D eigenvalue weighted by atomic mass is 16.3. The molecule has 6 rings (SSSR count). The van der Waals surface area contributed by atoms with Crippen molar-refractivity contribution in [2.24, 2.45) is 0 Å². The van der Waals surface area contributed by atoms with Gasteiger partial charge in [-0.1, -0.05) is 85.6 Å². The maximum Gasteiger partial charge on any atom is 0.235 e. The smallest absolute Gasteiger partial charge is 0.235 e. The summed E-state index contributed by atoms with van der Waals surface area (Å²) in [4.78, 5) is 18.2. The summed E-state index contributed by atoms with van der Waals surface area (Å²) in [6, 6.07) is 34.3. The van der Waals surface area contributed by atoms with Gasteiger partial charge in [-0.15, -0.1) is 0 Å². The van der Waals surface area contributed by atoms with Gasteiger partial charge in [0, 0.05) is 11.3 Å². The summed E-state index contributed by atoms with van der Waals surface area (Å²) in [6.07, 6.45) is 3.88. The molecule has 1 heterocycles. The number of aromatic nitrogens is 1. The highest BCUT2D eigenvalue weighted by Crippen LogP contribution is 2.42. The van der Waals surface area contributed by atoms with Gasteiger partial charge in [-0.2, -0.15) is 0 Å². The lowest BCUT2D eigenvalue weighted by molar-refractivity contribution is -0.121. The van der Waals surface area contributed by atoms with Crippen LogP contribution in [0.2, 0.25) is 0 Å². The quantitative estimate of drug-likeness (QED) is 0.295. The van der Waals surface area contributed by atoms with Crippen LogP contribution in [0.15, 0.2) is 108 Å². The fourth-order valence-corrected chi connectivity index (χ4v) is 5.20. The Morgan fingerprint density at radius 1 is 0.743 bits per heavy atom. The van der Waals surface area contributed by atoms with Gasteiger partial charge < -0.3 is 9.73 Å². The van der Waals surface area contributed by atoms with Gasteiger partial charge in [0.15, 0.2) is 5.58 Å². The number of nitrogens with zero attached hydrogens (tertiary/aromatic N) is 1. The van der Waals surface area contributed by atoms with Gasteiger partial charge in [-0.25, -0.2) is 4.98 Å². The Hall–Kier alpha value is -4.18. The van der Waals surface area contributed by atoms with Crippen molar-refractivity contribution in [3.05, 3.63) is 109 Å². The first-order chi connectivity index (χ1) is 17.2. The molecule has 0 unspecified atom stereocenters. The number of rotatable bonds is 5. The fourth-order valence-electron chi connectivity index (χ4n) is 5.20. The van der Waals surface area contributed by atoms with Crippen LogP contribution in [-0.4, -0.2) is 10.9 Å². The van der Waals surface area contributed by atoms with E-state index in [4.69, 9.17) is 9.40 Å². The molecular weight excluding hydrogens is 432 g/mol. The average molecular weight is 459 g/mol. The van der Waals surface area contributed by atoms with Gasteiger partial charge >= 0.3 is 0 Å². The molecule has 0 bridgehead atoms. The largest absolute Gasteiger partial charge is 0.436 e. The van der Waals surface area contributed by atoms with E-state index >= 15 is 0 Å². The molecule has 5 aromatic rings. The Bertz CT molecular complexity index is 1470. The zero-order valence-corrected chi connectivity index (χ0v) is 19.4. The molecule has 0 radical (unpaired) electrons. The van der Waals surface area contributed by atoms with E-state index in [9.17, 15) is 4.79 Å². The molecule has 1 N–H and O–H groups in total. The molecule has 0 atom stereocenters. The van der Waals surface area contributed by atoms with E-state index in [2.05, 4.69) is 41.7 Å². The van der Waals surface area contributed by atoms with E-state index in [1.807, 2.05) is 66.7 Å². The summed E-state index contributed by atoms with van der Waals surface area (Å²) in [6.45, 7) is 0. The van der Waals surface area contributed by atoms with Crippen molar-refractivity contribution in [3.63, 3.8) is 0 Å². The minimum absolute atomic E-state index is 0.0563. The highest BCUT2D eigenvalue weighted by Gasteiger charge is 2.42. The zero-order valence-electron chi connectivity index (χ0n) is 19.4. The summed E-state index contributed by atoms with van der Waals surface area (Å²) >= 11 is 0. The van der Waals surface area contributed by atoms with Gasteiger partial charge in [0.05, 0.1) is 5.41 Å². The van der Waals surface area contributed by atoms with Crippen molar-refractivity contribution < 1.29 is 9.21 Å². The Balaban J connectivity index is 1.25. The van der Waals surface area contributed by atoms with Crippen LogP contribution in [0.4, 0.5) is 5.69 Å². The third-order valence-electron chi connectivity index (χ3n) is 7.10. The van der Waals surface area contributed by atoms with Crippen LogP contribution in [0.1, 0.15) is 31.2 Å². The zero-order chi connectivity index (χ0) is 23.7. The van der Waals surface area contributed by atoms with E-state index in [-0.39, 0.29) is 5.91 Å². The number of nitrogens with one attached hydrogen (secondary N) is 1. The maximum absolute atomic E-state index is 13.5. The first kappa shape index (κ1) is 21.4. The third-order valence-corrected chi connectivity index (χ3v) is 7.10. The molecule has 172 valence electrons. The van der Waals surface area contributed by atoms with E-state index < -0.39 is 5.41 Å². The van der Waals surface area contributed by atoms with Crippen molar-refractivity contribution in [1.82, 2.24) is 4.98 Å². The predicted octanol–water partition coefficient (Wildman–Crippen LogP) is 7.61. The number of anilines is 1. The second-order valence-electron chi connectivity index (χ2n) is 9.25. The first-order valence-corrected chi connectivity index (χ1v) is 12.1. The Kier molecular flexibility index (Phi) is 5.42. The molecule has 1 aliphatic rings. The lowest BCUT2D eigenvalue weighted by Crippen LogP contribution is -2.37. The van der Waals surface area contributed by atoms with Gasteiger partial charge in [0.2, 0.25) is 11.8 Å². The van der Waals surface area contributed by atoms with E-state index in [0.717, 1.165) is 53.6 Å². The maximum atomic E-state index is 13.5. The molecule has 1 aromatic heterocycles. The number of oxazole rings is 1. The standard InChI is InChI=1S/C31H26N2O2/c34-30(31(19-7-8-20-31)25-11-5-2-6-12-25)32-26-17-18-28-27(21-26)33-29(35-28)24-15-13-23(14-16-24)22-9-3-1-4-10-22/h1-6,9-18,21H,7-8,19-20H2,(H,32,34). The Morgan fingerprint density at radius 2 is 1.37 bits per heavy atom. The normalized spacial score (nSPS) is 14.7. The van der Waals surface area contributed by atoms with Crippen molar-refractivity contribution in [3.8, 4) is 22.6 Å². The van der Waals surface area contributed by atoms with Gasteiger partial charge in [0.25, 0.3) is 0 Å². The summed E-state index contributed by atoms with van der Waals surface area (Å²) in [5, 5.41) is 3.17. The van der Waals surface area contributed by atoms with Crippen LogP contribution in [0.3, 0.4) is 0 Å². The molecule has 1 fully saturated rings. The first-order valence-electron chi connectivity index (χ1n) is 12.1. The van der Waals surface area contributed by atoms with Crippen LogP contribution in [0.5, 0.6) is 0 Å². The van der Waals surface area contributed by atoms with Crippen LogP contribution in [0, 0.1) is 0 Å². The predicted molar refractivity (Wildman–Crippen MR) is 140 cm³/mol. The molecule has 0 aliphatic heterocycles. The Labute approximate surface area is 204 Å². The molecule has 4 aromatic carbocycles. The molecule has 0 spiro atoms. The molecule has 4 nitrogen and oxygen atoms in total. The topological polar surface area (TPSA) is 55.1 Å². The van der Waals surface area contributed by atoms with Crippen molar-refractivity contribution in [2.45, 2.75) is 31.1 Å². The fraction of sp³-hybridized carbons (Fsp3) is 0.161. The SMILES string of the molecule is O=C(Nc1ccc2oc(-c3ccc(-c4ccccc4)cc3)nc2c1)C1(c2ccccc2)CCCC1. The molecule has 1 saturated carbocycles. The number of fused-ring (bicyclic) bond motifs is 1. The van der Waals surface area contributed by atoms with E-state index in [1.54, 1.807) is 0 Å². The number of hydrogen-bond acceptors (Lipinski definition) is 3. The van der Waals surface area contributed by atoms with Crippen LogP contribution in [-0.2, 0) is 10.2 Å². The highest BCUT2D eigenvalue weighted by molar-refractivity contribution is 6.00. The van der Waals surface area contributed by atoms with Crippen LogP contribution < -0.4 is 5.32 Å². The van der Waals surface area contributed by atoms with Crippen molar-refractivity contribution in [2.75, 3.05) is 5.32 Å². The van der Waals surface area contributed by atoms with Crippen LogP contribution in [0.25, 0.3) is 33.7 Å². The molecule has 4 heteroatoms. The van der Waals surface area contributed by atoms with Crippen molar-refractivity contribution in [1.29, 1.82) is 0 Å². The lowest BCUT2D eigenvalue weighted by atomic mass is 9.78. The van der Waals surface area contributed by atoms with E-state index in [0.29, 0.717) is 11.5 Å². The number of amides is 1.